The maximum Gasteiger partial charge on any atom is 0.180 e. The highest BCUT2D eigenvalue weighted by molar-refractivity contribution is 5.95. The van der Waals surface area contributed by atoms with E-state index >= 15 is 0 Å². The first kappa shape index (κ1) is 20.3. The average Bonchev–Trinajstić information content (AvgIpc) is 2.75. The van der Waals surface area contributed by atoms with Gasteiger partial charge in [-0.15, -0.1) is 0 Å². The smallest absolute Gasteiger partial charge is 0.180 e. The third kappa shape index (κ3) is 4.62. The number of halogens is 1. The summed E-state index contributed by atoms with van der Waals surface area (Å²) in [5.41, 5.74) is 3.94. The Hall–Kier alpha value is -2.93. The third-order valence-corrected chi connectivity index (χ3v) is 5.67. The predicted octanol–water partition coefficient (Wildman–Crippen LogP) is 3.57. The summed E-state index contributed by atoms with van der Waals surface area (Å²) < 4.78 is 13.0. The molecule has 6 nitrogen and oxygen atoms in total. The SMILES string of the molecule is Cc1nc2ccc(N3CCN(CCCC(=O)c4ccc(F)cc4)CC3)nc2nc1C. The zero-order chi connectivity index (χ0) is 21.1. The number of rotatable bonds is 6. The molecule has 0 bridgehead atoms. The van der Waals surface area contributed by atoms with Gasteiger partial charge in [-0.05, 0) is 63.2 Å². The minimum Gasteiger partial charge on any atom is -0.354 e. The Morgan fingerprint density at radius 1 is 0.933 bits per heavy atom. The van der Waals surface area contributed by atoms with Crippen molar-refractivity contribution >= 4 is 22.8 Å². The maximum atomic E-state index is 13.0. The van der Waals surface area contributed by atoms with E-state index in [2.05, 4.69) is 19.8 Å². The van der Waals surface area contributed by atoms with Crippen LogP contribution in [0.3, 0.4) is 0 Å². The van der Waals surface area contributed by atoms with E-state index in [1.165, 1.54) is 12.1 Å². The first-order chi connectivity index (χ1) is 14.5. The molecule has 4 rings (SSSR count). The average molecular weight is 407 g/mol. The highest BCUT2D eigenvalue weighted by Gasteiger charge is 2.19. The Kier molecular flexibility index (Phi) is 5.99. The fourth-order valence-corrected chi connectivity index (χ4v) is 3.72. The molecule has 0 atom stereocenters. The minimum atomic E-state index is -0.317. The van der Waals surface area contributed by atoms with Crippen molar-refractivity contribution in [3.05, 3.63) is 59.2 Å². The molecule has 1 aliphatic heterocycles. The molecule has 2 aromatic heterocycles. The van der Waals surface area contributed by atoms with E-state index in [0.29, 0.717) is 17.6 Å². The molecule has 1 fully saturated rings. The summed E-state index contributed by atoms with van der Waals surface area (Å²) in [5, 5.41) is 0. The summed E-state index contributed by atoms with van der Waals surface area (Å²) in [6.45, 7) is 8.45. The second kappa shape index (κ2) is 8.83. The van der Waals surface area contributed by atoms with Crippen molar-refractivity contribution in [2.75, 3.05) is 37.6 Å². The number of carbonyl (C=O) groups excluding carboxylic acids is 1. The van der Waals surface area contributed by atoms with Gasteiger partial charge in [0, 0.05) is 38.2 Å². The highest BCUT2D eigenvalue weighted by atomic mass is 19.1. The summed E-state index contributed by atoms with van der Waals surface area (Å²) in [4.78, 5) is 30.7. The van der Waals surface area contributed by atoms with Gasteiger partial charge < -0.3 is 4.90 Å². The van der Waals surface area contributed by atoms with Crippen LogP contribution in [0, 0.1) is 19.7 Å². The van der Waals surface area contributed by atoms with Crippen LogP contribution < -0.4 is 4.90 Å². The summed E-state index contributed by atoms with van der Waals surface area (Å²) in [6, 6.07) is 9.79. The third-order valence-electron chi connectivity index (χ3n) is 5.67. The number of ketones is 1. The molecular formula is C23H26FN5O. The second-order valence-electron chi connectivity index (χ2n) is 7.77. The molecular weight excluding hydrogens is 381 g/mol. The summed E-state index contributed by atoms with van der Waals surface area (Å²) >= 11 is 0. The van der Waals surface area contributed by atoms with Crippen LogP contribution in [0.1, 0.15) is 34.6 Å². The monoisotopic (exact) mass is 407 g/mol. The lowest BCUT2D eigenvalue weighted by Crippen LogP contribution is -2.47. The van der Waals surface area contributed by atoms with E-state index in [4.69, 9.17) is 4.98 Å². The van der Waals surface area contributed by atoms with Crippen LogP contribution in [0.5, 0.6) is 0 Å². The van der Waals surface area contributed by atoms with Crippen LogP contribution in [-0.2, 0) is 0 Å². The van der Waals surface area contributed by atoms with E-state index in [9.17, 15) is 9.18 Å². The Bertz CT molecular complexity index is 1050. The highest BCUT2D eigenvalue weighted by Crippen LogP contribution is 2.18. The fraction of sp³-hybridized carbons (Fsp3) is 0.391. The van der Waals surface area contributed by atoms with Crippen LogP contribution in [0.4, 0.5) is 10.2 Å². The molecule has 1 aromatic carbocycles. The summed E-state index contributed by atoms with van der Waals surface area (Å²) in [6.07, 6.45) is 1.29. The van der Waals surface area contributed by atoms with Gasteiger partial charge in [-0.3, -0.25) is 9.69 Å². The fourth-order valence-electron chi connectivity index (χ4n) is 3.72. The van der Waals surface area contributed by atoms with Crippen LogP contribution in [0.25, 0.3) is 11.2 Å². The van der Waals surface area contributed by atoms with Crippen LogP contribution in [0.2, 0.25) is 0 Å². The molecule has 0 aliphatic carbocycles. The number of nitrogens with zero attached hydrogens (tertiary/aromatic N) is 5. The number of aryl methyl sites for hydroxylation is 2. The number of benzene rings is 1. The number of Topliss-reactive ketones (excluding diaryl/α,β-unsaturated/α-hetero) is 1. The van der Waals surface area contributed by atoms with Gasteiger partial charge in [0.15, 0.2) is 11.4 Å². The molecule has 0 N–H and O–H groups in total. The predicted molar refractivity (Wildman–Crippen MR) is 115 cm³/mol. The molecule has 0 amide bonds. The van der Waals surface area contributed by atoms with Crippen LogP contribution in [0.15, 0.2) is 36.4 Å². The van der Waals surface area contributed by atoms with Crippen molar-refractivity contribution in [1.82, 2.24) is 19.9 Å². The maximum absolute atomic E-state index is 13.0. The number of aromatic nitrogens is 3. The van der Waals surface area contributed by atoms with Crippen LogP contribution in [-0.4, -0.2) is 58.4 Å². The second-order valence-corrected chi connectivity index (χ2v) is 7.77. The van der Waals surface area contributed by atoms with Gasteiger partial charge in [0.05, 0.1) is 11.4 Å². The van der Waals surface area contributed by atoms with Crippen molar-refractivity contribution in [3.63, 3.8) is 0 Å². The van der Waals surface area contributed by atoms with E-state index in [-0.39, 0.29) is 11.6 Å². The Morgan fingerprint density at radius 2 is 1.63 bits per heavy atom. The van der Waals surface area contributed by atoms with Crippen molar-refractivity contribution < 1.29 is 9.18 Å². The van der Waals surface area contributed by atoms with E-state index in [0.717, 1.165) is 61.9 Å². The molecule has 0 unspecified atom stereocenters. The summed E-state index contributed by atoms with van der Waals surface area (Å²) in [5.74, 6) is 0.689. The van der Waals surface area contributed by atoms with Gasteiger partial charge in [0.1, 0.15) is 17.2 Å². The molecule has 0 spiro atoms. The standard InChI is InChI=1S/C23H26FN5O/c1-16-17(2)26-23-20(25-16)9-10-22(27-23)29-14-12-28(13-15-29)11-3-4-21(30)18-5-7-19(24)8-6-18/h5-10H,3-4,11-15H2,1-2H3. The van der Waals surface area contributed by atoms with Crippen LogP contribution >= 0.6 is 0 Å². The lowest BCUT2D eigenvalue weighted by atomic mass is 10.1. The Balaban J connectivity index is 1.27. The van der Waals surface area contributed by atoms with Crippen molar-refractivity contribution in [2.24, 2.45) is 0 Å². The van der Waals surface area contributed by atoms with Crippen molar-refractivity contribution in [2.45, 2.75) is 26.7 Å². The Morgan fingerprint density at radius 3 is 2.37 bits per heavy atom. The lowest BCUT2D eigenvalue weighted by molar-refractivity contribution is 0.0974. The number of fused-ring (bicyclic) bond motifs is 1. The minimum absolute atomic E-state index is 0.0700. The largest absolute Gasteiger partial charge is 0.354 e. The number of piperazine rings is 1. The topological polar surface area (TPSA) is 62.2 Å². The summed E-state index contributed by atoms with van der Waals surface area (Å²) in [7, 11) is 0. The number of pyridine rings is 1. The van der Waals surface area contributed by atoms with Gasteiger partial charge in [0.25, 0.3) is 0 Å². The first-order valence-corrected chi connectivity index (χ1v) is 10.4. The molecule has 1 saturated heterocycles. The molecule has 30 heavy (non-hydrogen) atoms. The number of hydrogen-bond donors (Lipinski definition) is 0. The number of carbonyl (C=O) groups is 1. The van der Waals surface area contributed by atoms with Gasteiger partial charge in [-0.2, -0.15) is 0 Å². The van der Waals surface area contributed by atoms with E-state index in [1.54, 1.807) is 12.1 Å². The first-order valence-electron chi connectivity index (χ1n) is 10.4. The Labute approximate surface area is 175 Å². The lowest BCUT2D eigenvalue weighted by Gasteiger charge is -2.35. The van der Waals surface area contributed by atoms with Gasteiger partial charge >= 0.3 is 0 Å². The van der Waals surface area contributed by atoms with Gasteiger partial charge in [0.2, 0.25) is 0 Å². The zero-order valence-corrected chi connectivity index (χ0v) is 17.4. The van der Waals surface area contributed by atoms with Crippen molar-refractivity contribution in [1.29, 1.82) is 0 Å². The molecule has 156 valence electrons. The molecule has 3 aromatic rings. The normalized spacial score (nSPS) is 15.0. The molecule has 7 heteroatoms. The molecule has 3 heterocycles. The van der Waals surface area contributed by atoms with E-state index < -0.39 is 0 Å². The van der Waals surface area contributed by atoms with E-state index in [1.807, 2.05) is 26.0 Å². The zero-order valence-electron chi connectivity index (χ0n) is 17.4. The van der Waals surface area contributed by atoms with Gasteiger partial charge in [-0.1, -0.05) is 0 Å². The number of hydrogen-bond acceptors (Lipinski definition) is 6. The van der Waals surface area contributed by atoms with Gasteiger partial charge in [-0.25, -0.2) is 19.3 Å². The molecule has 1 aliphatic rings. The molecule has 0 saturated carbocycles. The quantitative estimate of drug-likeness (QED) is 0.582. The number of anilines is 1. The van der Waals surface area contributed by atoms with Crippen molar-refractivity contribution in [3.8, 4) is 0 Å². The molecule has 0 radical (unpaired) electrons.